The Labute approximate surface area is 114 Å². The van der Waals surface area contributed by atoms with E-state index in [1.807, 2.05) is 31.2 Å². The third kappa shape index (κ3) is 3.70. The summed E-state index contributed by atoms with van der Waals surface area (Å²) in [6, 6.07) is 8.01. The number of para-hydroxylation sites is 1. The molecule has 0 bridgehead atoms. The average Bonchev–Trinajstić information content (AvgIpc) is 2.42. The van der Waals surface area contributed by atoms with Gasteiger partial charge >= 0.3 is 5.97 Å². The van der Waals surface area contributed by atoms with Crippen molar-refractivity contribution >= 4 is 11.7 Å². The number of likely N-dealkylation sites (tertiary alicyclic amines) is 1. The van der Waals surface area contributed by atoms with Crippen LogP contribution in [-0.2, 0) is 4.74 Å². The molecule has 1 aromatic carbocycles. The lowest BCUT2D eigenvalue weighted by Gasteiger charge is -2.30. The monoisotopic (exact) mass is 262 g/mol. The van der Waals surface area contributed by atoms with Gasteiger partial charge in [-0.25, -0.2) is 4.79 Å². The number of nitrogens with zero attached hydrogens (tertiary/aromatic N) is 1. The SMILES string of the molecule is CCOC(=O)c1ccccc1NC1CCN(C)CC1. The van der Waals surface area contributed by atoms with Crippen molar-refractivity contribution in [2.75, 3.05) is 32.1 Å². The first kappa shape index (κ1) is 13.9. The van der Waals surface area contributed by atoms with Crippen LogP contribution in [0, 0.1) is 0 Å². The van der Waals surface area contributed by atoms with Gasteiger partial charge in [0.05, 0.1) is 12.2 Å². The van der Waals surface area contributed by atoms with Crippen molar-refractivity contribution in [1.82, 2.24) is 4.90 Å². The number of benzene rings is 1. The van der Waals surface area contributed by atoms with Crippen LogP contribution in [0.2, 0.25) is 0 Å². The summed E-state index contributed by atoms with van der Waals surface area (Å²) in [4.78, 5) is 14.2. The zero-order chi connectivity index (χ0) is 13.7. The van der Waals surface area contributed by atoms with Gasteiger partial charge in [-0.1, -0.05) is 12.1 Å². The van der Waals surface area contributed by atoms with Gasteiger partial charge in [-0.05, 0) is 52.0 Å². The Bertz CT molecular complexity index is 426. The number of esters is 1. The van der Waals surface area contributed by atoms with Crippen LogP contribution in [0.15, 0.2) is 24.3 Å². The third-order valence-corrected chi connectivity index (χ3v) is 3.50. The van der Waals surface area contributed by atoms with Crippen molar-refractivity contribution in [1.29, 1.82) is 0 Å². The Morgan fingerprint density at radius 2 is 2.05 bits per heavy atom. The highest BCUT2D eigenvalue weighted by atomic mass is 16.5. The minimum Gasteiger partial charge on any atom is -0.462 e. The van der Waals surface area contributed by atoms with Crippen molar-refractivity contribution in [3.05, 3.63) is 29.8 Å². The molecule has 1 N–H and O–H groups in total. The second kappa shape index (κ2) is 6.57. The van der Waals surface area contributed by atoms with E-state index in [9.17, 15) is 4.79 Å². The van der Waals surface area contributed by atoms with E-state index in [1.54, 1.807) is 0 Å². The second-order valence-corrected chi connectivity index (χ2v) is 4.99. The highest BCUT2D eigenvalue weighted by Crippen LogP contribution is 2.20. The summed E-state index contributed by atoms with van der Waals surface area (Å²) in [6.07, 6.45) is 2.21. The lowest BCUT2D eigenvalue weighted by Crippen LogP contribution is -2.37. The van der Waals surface area contributed by atoms with Crippen LogP contribution < -0.4 is 5.32 Å². The van der Waals surface area contributed by atoms with Crippen LogP contribution in [0.5, 0.6) is 0 Å². The molecule has 19 heavy (non-hydrogen) atoms. The number of nitrogens with one attached hydrogen (secondary N) is 1. The zero-order valence-corrected chi connectivity index (χ0v) is 11.7. The van der Waals surface area contributed by atoms with Gasteiger partial charge in [0.1, 0.15) is 0 Å². The fourth-order valence-electron chi connectivity index (χ4n) is 2.37. The van der Waals surface area contributed by atoms with Crippen molar-refractivity contribution in [3.8, 4) is 0 Å². The van der Waals surface area contributed by atoms with E-state index >= 15 is 0 Å². The predicted octanol–water partition coefficient (Wildman–Crippen LogP) is 2.37. The maximum absolute atomic E-state index is 11.9. The van der Waals surface area contributed by atoms with Gasteiger partial charge in [-0.15, -0.1) is 0 Å². The van der Waals surface area contributed by atoms with Gasteiger partial charge in [0, 0.05) is 11.7 Å². The molecule has 4 heteroatoms. The van der Waals surface area contributed by atoms with E-state index < -0.39 is 0 Å². The smallest absolute Gasteiger partial charge is 0.340 e. The molecule has 1 heterocycles. The van der Waals surface area contributed by atoms with Crippen molar-refractivity contribution in [2.45, 2.75) is 25.8 Å². The van der Waals surface area contributed by atoms with E-state index in [1.165, 1.54) is 0 Å². The predicted molar refractivity (Wildman–Crippen MR) is 76.5 cm³/mol. The van der Waals surface area contributed by atoms with Crippen LogP contribution in [0.3, 0.4) is 0 Å². The minimum absolute atomic E-state index is 0.251. The number of piperidine rings is 1. The van der Waals surface area contributed by atoms with Gasteiger partial charge in [0.15, 0.2) is 0 Å². The molecule has 0 aliphatic carbocycles. The number of anilines is 1. The lowest BCUT2D eigenvalue weighted by molar-refractivity contribution is 0.0527. The normalized spacial score (nSPS) is 17.2. The summed E-state index contributed by atoms with van der Waals surface area (Å²) < 4.78 is 5.09. The second-order valence-electron chi connectivity index (χ2n) is 4.99. The first-order valence-electron chi connectivity index (χ1n) is 6.92. The summed E-state index contributed by atoms with van der Waals surface area (Å²) in [5.74, 6) is -0.251. The fraction of sp³-hybridized carbons (Fsp3) is 0.533. The van der Waals surface area contributed by atoms with Gasteiger partial charge < -0.3 is 15.0 Å². The maximum Gasteiger partial charge on any atom is 0.340 e. The average molecular weight is 262 g/mol. The standard InChI is InChI=1S/C15H22N2O2/c1-3-19-15(18)13-6-4-5-7-14(13)16-12-8-10-17(2)11-9-12/h4-7,12,16H,3,8-11H2,1-2H3. The molecule has 0 unspecified atom stereocenters. The van der Waals surface area contributed by atoms with E-state index in [0.29, 0.717) is 18.2 Å². The maximum atomic E-state index is 11.9. The van der Waals surface area contributed by atoms with Crippen molar-refractivity contribution < 1.29 is 9.53 Å². The summed E-state index contributed by atoms with van der Waals surface area (Å²) >= 11 is 0. The van der Waals surface area contributed by atoms with E-state index in [0.717, 1.165) is 31.6 Å². The van der Waals surface area contributed by atoms with Gasteiger partial charge in [-0.2, -0.15) is 0 Å². The number of hydrogen-bond donors (Lipinski definition) is 1. The van der Waals surface area contributed by atoms with Crippen LogP contribution in [-0.4, -0.2) is 43.7 Å². The molecule has 0 atom stereocenters. The highest BCUT2D eigenvalue weighted by molar-refractivity contribution is 5.95. The number of hydrogen-bond acceptors (Lipinski definition) is 4. The quantitative estimate of drug-likeness (QED) is 0.846. The van der Waals surface area contributed by atoms with Crippen molar-refractivity contribution in [3.63, 3.8) is 0 Å². The number of carbonyl (C=O) groups excluding carboxylic acids is 1. The molecule has 2 rings (SSSR count). The Morgan fingerprint density at radius 3 is 2.74 bits per heavy atom. The van der Waals surface area contributed by atoms with Crippen LogP contribution in [0.1, 0.15) is 30.1 Å². The topological polar surface area (TPSA) is 41.6 Å². The number of ether oxygens (including phenoxy) is 1. The molecular formula is C15H22N2O2. The minimum atomic E-state index is -0.251. The van der Waals surface area contributed by atoms with E-state index in [2.05, 4.69) is 17.3 Å². The molecule has 0 aromatic heterocycles. The Hall–Kier alpha value is -1.55. The van der Waals surface area contributed by atoms with Gasteiger partial charge in [0.2, 0.25) is 0 Å². The zero-order valence-electron chi connectivity index (χ0n) is 11.7. The molecule has 1 aliphatic heterocycles. The van der Waals surface area contributed by atoms with Crippen LogP contribution >= 0.6 is 0 Å². The Kier molecular flexibility index (Phi) is 4.80. The summed E-state index contributed by atoms with van der Waals surface area (Å²) in [5, 5.41) is 3.48. The molecule has 1 saturated heterocycles. The van der Waals surface area contributed by atoms with Gasteiger partial charge in [0.25, 0.3) is 0 Å². The molecule has 0 spiro atoms. The van der Waals surface area contributed by atoms with Crippen molar-refractivity contribution in [2.24, 2.45) is 0 Å². The third-order valence-electron chi connectivity index (χ3n) is 3.50. The highest BCUT2D eigenvalue weighted by Gasteiger charge is 2.19. The molecule has 1 aromatic rings. The van der Waals surface area contributed by atoms with Gasteiger partial charge in [-0.3, -0.25) is 0 Å². The van der Waals surface area contributed by atoms with E-state index in [4.69, 9.17) is 4.74 Å². The molecule has 1 aliphatic rings. The molecule has 0 saturated carbocycles. The Balaban J connectivity index is 2.05. The summed E-state index contributed by atoms with van der Waals surface area (Å²) in [5.41, 5.74) is 1.51. The molecule has 1 fully saturated rings. The molecule has 104 valence electrons. The molecule has 4 nitrogen and oxygen atoms in total. The molecule has 0 radical (unpaired) electrons. The Morgan fingerprint density at radius 1 is 1.37 bits per heavy atom. The lowest BCUT2D eigenvalue weighted by atomic mass is 10.0. The first-order valence-corrected chi connectivity index (χ1v) is 6.92. The van der Waals surface area contributed by atoms with Crippen LogP contribution in [0.25, 0.3) is 0 Å². The summed E-state index contributed by atoms with van der Waals surface area (Å²) in [7, 11) is 2.14. The summed E-state index contributed by atoms with van der Waals surface area (Å²) in [6.45, 7) is 4.42. The van der Waals surface area contributed by atoms with E-state index in [-0.39, 0.29) is 5.97 Å². The van der Waals surface area contributed by atoms with Crippen LogP contribution in [0.4, 0.5) is 5.69 Å². The largest absolute Gasteiger partial charge is 0.462 e. The molecular weight excluding hydrogens is 240 g/mol. The number of rotatable bonds is 4. The fourth-order valence-corrected chi connectivity index (χ4v) is 2.37. The first-order chi connectivity index (χ1) is 9.20. The number of carbonyl (C=O) groups is 1. The molecule has 0 amide bonds.